The van der Waals surface area contributed by atoms with Crippen molar-refractivity contribution < 1.29 is 0 Å². The highest BCUT2D eigenvalue weighted by atomic mass is 15.1. The zero-order valence-corrected chi connectivity index (χ0v) is 13.4. The van der Waals surface area contributed by atoms with E-state index in [0.717, 1.165) is 12.2 Å². The van der Waals surface area contributed by atoms with Crippen LogP contribution in [0.25, 0.3) is 0 Å². The van der Waals surface area contributed by atoms with E-state index in [1.54, 1.807) is 0 Å². The minimum absolute atomic E-state index is 0.927. The summed E-state index contributed by atoms with van der Waals surface area (Å²) < 4.78 is 0. The van der Waals surface area contributed by atoms with Crippen LogP contribution in [0.2, 0.25) is 0 Å². The molecule has 0 fully saturated rings. The summed E-state index contributed by atoms with van der Waals surface area (Å²) in [6, 6.07) is 8.25. The molecule has 0 heterocycles. The maximum Gasteiger partial charge on any atom is 0.0359 e. The minimum Gasteiger partial charge on any atom is -0.398 e. The van der Waals surface area contributed by atoms with E-state index >= 15 is 0 Å². The van der Waals surface area contributed by atoms with Gasteiger partial charge in [-0.25, -0.2) is 0 Å². The molecule has 2 heteroatoms. The zero-order chi connectivity index (χ0) is 14.6. The first-order chi connectivity index (χ1) is 9.77. The van der Waals surface area contributed by atoms with Crippen LogP contribution in [0.3, 0.4) is 0 Å². The van der Waals surface area contributed by atoms with E-state index < -0.39 is 0 Å². The quantitative estimate of drug-likeness (QED) is 0.463. The number of rotatable bonds is 11. The minimum atomic E-state index is 0.927. The van der Waals surface area contributed by atoms with Crippen molar-refractivity contribution in [1.82, 2.24) is 4.90 Å². The molecule has 0 aliphatic carbocycles. The van der Waals surface area contributed by atoms with Gasteiger partial charge >= 0.3 is 0 Å². The van der Waals surface area contributed by atoms with E-state index in [0.29, 0.717) is 0 Å². The average molecular weight is 276 g/mol. The van der Waals surface area contributed by atoms with E-state index in [1.165, 1.54) is 63.6 Å². The first kappa shape index (κ1) is 17.0. The monoisotopic (exact) mass is 276 g/mol. The number of unbranched alkanes of at least 4 members (excludes halogenated alkanes) is 5. The Morgan fingerprint density at radius 2 is 1.55 bits per heavy atom. The molecule has 0 saturated carbocycles. The van der Waals surface area contributed by atoms with Crippen LogP contribution in [0.4, 0.5) is 5.69 Å². The van der Waals surface area contributed by atoms with Crippen molar-refractivity contribution in [3.63, 3.8) is 0 Å². The average Bonchev–Trinajstić information content (AvgIpc) is 2.45. The number of nitrogens with two attached hydrogens (primary N) is 1. The topological polar surface area (TPSA) is 29.3 Å². The number of benzene rings is 1. The molecule has 1 aromatic rings. The van der Waals surface area contributed by atoms with Gasteiger partial charge in [-0.2, -0.15) is 0 Å². The third-order valence-electron chi connectivity index (χ3n) is 3.82. The molecule has 0 bridgehead atoms. The summed E-state index contributed by atoms with van der Waals surface area (Å²) in [5.74, 6) is 0. The van der Waals surface area contributed by atoms with Crippen molar-refractivity contribution in [2.24, 2.45) is 0 Å². The number of nitrogen functional groups attached to an aromatic ring is 1. The molecule has 0 aliphatic rings. The number of hydrogen-bond donors (Lipinski definition) is 1. The molecule has 2 nitrogen and oxygen atoms in total. The molecule has 114 valence electrons. The molecule has 0 unspecified atom stereocenters. The lowest BCUT2D eigenvalue weighted by Gasteiger charge is -2.22. The van der Waals surface area contributed by atoms with Gasteiger partial charge in [0.15, 0.2) is 0 Å². The molecule has 0 saturated heterocycles. The summed E-state index contributed by atoms with van der Waals surface area (Å²) in [6.07, 6.45) is 9.40. The summed E-state index contributed by atoms with van der Waals surface area (Å²) in [5.41, 5.74) is 8.25. The van der Waals surface area contributed by atoms with Gasteiger partial charge < -0.3 is 5.73 Å². The van der Waals surface area contributed by atoms with E-state index in [2.05, 4.69) is 30.9 Å². The van der Waals surface area contributed by atoms with Crippen LogP contribution in [-0.2, 0) is 6.54 Å². The van der Waals surface area contributed by atoms with Crippen LogP contribution in [0.5, 0.6) is 0 Å². The molecule has 2 N–H and O–H groups in total. The normalized spacial score (nSPS) is 11.2. The lowest BCUT2D eigenvalue weighted by molar-refractivity contribution is 0.259. The van der Waals surface area contributed by atoms with Gasteiger partial charge in [-0.05, 0) is 37.6 Å². The fourth-order valence-corrected chi connectivity index (χ4v) is 2.62. The van der Waals surface area contributed by atoms with Gasteiger partial charge in [0.1, 0.15) is 0 Å². The molecule has 20 heavy (non-hydrogen) atoms. The molecule has 1 rings (SSSR count). The van der Waals surface area contributed by atoms with Gasteiger partial charge in [0.2, 0.25) is 0 Å². The summed E-state index contributed by atoms with van der Waals surface area (Å²) in [7, 11) is 0. The van der Waals surface area contributed by atoms with E-state index in [9.17, 15) is 0 Å². The fourth-order valence-electron chi connectivity index (χ4n) is 2.62. The molecule has 0 aliphatic heterocycles. The Kier molecular flexibility index (Phi) is 9.14. The largest absolute Gasteiger partial charge is 0.398 e. The van der Waals surface area contributed by atoms with E-state index in [-0.39, 0.29) is 0 Å². The molecule has 0 spiro atoms. The second-order valence-electron chi connectivity index (χ2n) is 5.74. The first-order valence-electron chi connectivity index (χ1n) is 8.33. The fraction of sp³-hybridized carbons (Fsp3) is 0.667. The third kappa shape index (κ3) is 6.95. The standard InChI is InChI=1S/C18H32N2/c1-3-5-6-7-8-11-15-20(14-4-2)16-17-12-9-10-13-18(17)19/h9-10,12-13H,3-8,11,14-16,19H2,1-2H3. The molecular formula is C18H32N2. The van der Waals surface area contributed by atoms with Gasteiger partial charge in [0.25, 0.3) is 0 Å². The lowest BCUT2D eigenvalue weighted by Crippen LogP contribution is -2.25. The van der Waals surface area contributed by atoms with Crippen LogP contribution in [-0.4, -0.2) is 18.0 Å². The summed E-state index contributed by atoms with van der Waals surface area (Å²) in [4.78, 5) is 2.55. The van der Waals surface area contributed by atoms with Crippen molar-refractivity contribution in [2.45, 2.75) is 65.3 Å². The summed E-state index contributed by atoms with van der Waals surface area (Å²) >= 11 is 0. The van der Waals surface area contributed by atoms with Crippen molar-refractivity contribution in [1.29, 1.82) is 0 Å². The van der Waals surface area contributed by atoms with Gasteiger partial charge in [0.05, 0.1) is 0 Å². The zero-order valence-electron chi connectivity index (χ0n) is 13.4. The Morgan fingerprint density at radius 1 is 0.850 bits per heavy atom. The predicted octanol–water partition coefficient (Wildman–Crippen LogP) is 4.84. The Hall–Kier alpha value is -1.02. The number of para-hydroxylation sites is 1. The Morgan fingerprint density at radius 3 is 2.25 bits per heavy atom. The Balaban J connectivity index is 2.31. The molecule has 0 radical (unpaired) electrons. The van der Waals surface area contributed by atoms with Crippen LogP contribution >= 0.6 is 0 Å². The third-order valence-corrected chi connectivity index (χ3v) is 3.82. The van der Waals surface area contributed by atoms with Crippen molar-refractivity contribution in [2.75, 3.05) is 18.8 Å². The van der Waals surface area contributed by atoms with Gasteiger partial charge in [0, 0.05) is 12.2 Å². The van der Waals surface area contributed by atoms with Crippen molar-refractivity contribution in [3.8, 4) is 0 Å². The summed E-state index contributed by atoms with van der Waals surface area (Å²) in [6.45, 7) is 7.89. The molecule has 0 atom stereocenters. The highest BCUT2D eigenvalue weighted by Crippen LogP contribution is 2.14. The number of anilines is 1. The van der Waals surface area contributed by atoms with Gasteiger partial charge in [-0.3, -0.25) is 4.90 Å². The molecule has 0 amide bonds. The van der Waals surface area contributed by atoms with Gasteiger partial charge in [-0.15, -0.1) is 0 Å². The Labute approximate surface area is 125 Å². The predicted molar refractivity (Wildman–Crippen MR) is 89.8 cm³/mol. The van der Waals surface area contributed by atoms with Crippen molar-refractivity contribution in [3.05, 3.63) is 29.8 Å². The Bertz CT molecular complexity index is 349. The summed E-state index contributed by atoms with van der Waals surface area (Å²) in [5, 5.41) is 0. The maximum absolute atomic E-state index is 6.05. The smallest absolute Gasteiger partial charge is 0.0359 e. The number of nitrogens with zero attached hydrogens (tertiary/aromatic N) is 1. The first-order valence-corrected chi connectivity index (χ1v) is 8.33. The van der Waals surface area contributed by atoms with E-state index in [1.807, 2.05) is 12.1 Å². The molecular weight excluding hydrogens is 244 g/mol. The SMILES string of the molecule is CCCCCCCCN(CCC)Cc1ccccc1N. The lowest BCUT2D eigenvalue weighted by atomic mass is 10.1. The second kappa shape index (κ2) is 10.7. The van der Waals surface area contributed by atoms with Crippen molar-refractivity contribution >= 4 is 5.69 Å². The highest BCUT2D eigenvalue weighted by Gasteiger charge is 2.06. The van der Waals surface area contributed by atoms with Crippen LogP contribution in [0.1, 0.15) is 64.4 Å². The highest BCUT2D eigenvalue weighted by molar-refractivity contribution is 5.46. The molecule has 0 aromatic heterocycles. The number of hydrogen-bond acceptors (Lipinski definition) is 2. The van der Waals surface area contributed by atoms with E-state index in [4.69, 9.17) is 5.73 Å². The van der Waals surface area contributed by atoms with Crippen LogP contribution < -0.4 is 5.73 Å². The van der Waals surface area contributed by atoms with Gasteiger partial charge in [-0.1, -0.05) is 64.2 Å². The second-order valence-corrected chi connectivity index (χ2v) is 5.74. The molecule has 1 aromatic carbocycles. The van der Waals surface area contributed by atoms with Crippen LogP contribution in [0.15, 0.2) is 24.3 Å². The van der Waals surface area contributed by atoms with Crippen LogP contribution in [0, 0.1) is 0 Å². The maximum atomic E-state index is 6.05.